The molecule has 0 bridgehead atoms. The number of esters is 1. The molecule has 3 rings (SSSR count). The third kappa shape index (κ3) is 5.49. The van der Waals surface area contributed by atoms with Crippen LogP contribution in [0.4, 0.5) is 13.2 Å². The second-order valence-electron chi connectivity index (χ2n) is 6.77. The van der Waals surface area contributed by atoms with Crippen molar-refractivity contribution in [1.29, 1.82) is 0 Å². The van der Waals surface area contributed by atoms with E-state index in [1.54, 1.807) is 0 Å². The van der Waals surface area contributed by atoms with Crippen molar-refractivity contribution in [2.75, 3.05) is 0 Å². The van der Waals surface area contributed by atoms with Crippen molar-refractivity contribution in [3.63, 3.8) is 0 Å². The summed E-state index contributed by atoms with van der Waals surface area (Å²) >= 11 is 0. The third-order valence-corrected chi connectivity index (χ3v) is 4.66. The molecule has 2 atom stereocenters. The quantitative estimate of drug-likeness (QED) is 0.750. The maximum Gasteiger partial charge on any atom is 0.573 e. The Morgan fingerprint density at radius 2 is 1.79 bits per heavy atom. The van der Waals surface area contributed by atoms with Crippen LogP contribution < -0.4 is 10.1 Å². The number of carbonyl (C=O) groups is 2. The number of hydrogen-bond donors (Lipinski definition) is 1. The van der Waals surface area contributed by atoms with Gasteiger partial charge in [-0.2, -0.15) is 0 Å². The topological polar surface area (TPSA) is 64.6 Å². The van der Waals surface area contributed by atoms with E-state index in [-0.39, 0.29) is 11.6 Å². The van der Waals surface area contributed by atoms with E-state index in [1.807, 2.05) is 24.3 Å². The zero-order valence-corrected chi connectivity index (χ0v) is 15.7. The molecule has 0 radical (unpaired) electrons. The zero-order valence-electron chi connectivity index (χ0n) is 15.7. The summed E-state index contributed by atoms with van der Waals surface area (Å²) in [5.74, 6) is -1.69. The summed E-state index contributed by atoms with van der Waals surface area (Å²) in [5.41, 5.74) is 2.27. The monoisotopic (exact) mass is 407 g/mol. The van der Waals surface area contributed by atoms with Gasteiger partial charge < -0.3 is 14.8 Å². The minimum absolute atomic E-state index is 0.0159. The van der Waals surface area contributed by atoms with Crippen LogP contribution in [-0.2, 0) is 16.0 Å². The van der Waals surface area contributed by atoms with Gasteiger partial charge in [0.15, 0.2) is 6.10 Å². The SMILES string of the molecule is C[C@@H](OC(=O)c1ccc(OC(F)(F)F)cc1)C(=O)N[C@@H]1CCCc2ccccc21. The lowest BCUT2D eigenvalue weighted by Crippen LogP contribution is -2.39. The maximum absolute atomic E-state index is 12.5. The maximum atomic E-state index is 12.5. The zero-order chi connectivity index (χ0) is 21.0. The molecule has 2 aromatic rings. The highest BCUT2D eigenvalue weighted by atomic mass is 19.4. The number of nitrogens with one attached hydrogen (secondary N) is 1. The third-order valence-electron chi connectivity index (χ3n) is 4.66. The van der Waals surface area contributed by atoms with Crippen molar-refractivity contribution in [1.82, 2.24) is 5.32 Å². The number of benzene rings is 2. The first-order chi connectivity index (χ1) is 13.7. The average molecular weight is 407 g/mol. The largest absolute Gasteiger partial charge is 0.573 e. The predicted octanol–water partition coefficient (Wildman–Crippen LogP) is 4.32. The molecule has 1 amide bonds. The number of aryl methyl sites for hydroxylation is 1. The number of halogens is 3. The van der Waals surface area contributed by atoms with Gasteiger partial charge in [-0.1, -0.05) is 24.3 Å². The van der Waals surface area contributed by atoms with Crippen molar-refractivity contribution in [3.8, 4) is 5.75 Å². The molecule has 0 aliphatic heterocycles. The minimum atomic E-state index is -4.81. The Bertz CT molecular complexity index is 880. The molecule has 29 heavy (non-hydrogen) atoms. The second-order valence-corrected chi connectivity index (χ2v) is 6.77. The van der Waals surface area contributed by atoms with Crippen LogP contribution in [0.25, 0.3) is 0 Å². The van der Waals surface area contributed by atoms with Crippen molar-refractivity contribution in [3.05, 3.63) is 65.2 Å². The van der Waals surface area contributed by atoms with E-state index < -0.39 is 30.1 Å². The lowest BCUT2D eigenvalue weighted by Gasteiger charge is -2.27. The van der Waals surface area contributed by atoms with Gasteiger partial charge in [-0.05, 0) is 61.6 Å². The Labute approximate surface area is 165 Å². The Balaban J connectivity index is 1.58. The number of hydrogen-bond acceptors (Lipinski definition) is 4. The first-order valence-corrected chi connectivity index (χ1v) is 9.18. The van der Waals surface area contributed by atoms with Gasteiger partial charge >= 0.3 is 12.3 Å². The lowest BCUT2D eigenvalue weighted by molar-refractivity contribution is -0.274. The van der Waals surface area contributed by atoms with E-state index in [4.69, 9.17) is 4.74 Å². The highest BCUT2D eigenvalue weighted by Gasteiger charge is 2.31. The van der Waals surface area contributed by atoms with Crippen molar-refractivity contribution >= 4 is 11.9 Å². The molecule has 0 saturated carbocycles. The second kappa shape index (κ2) is 8.55. The smallest absolute Gasteiger partial charge is 0.449 e. The van der Waals surface area contributed by atoms with E-state index >= 15 is 0 Å². The van der Waals surface area contributed by atoms with Crippen LogP contribution >= 0.6 is 0 Å². The Morgan fingerprint density at radius 1 is 1.10 bits per heavy atom. The molecule has 2 aromatic carbocycles. The lowest BCUT2D eigenvalue weighted by atomic mass is 9.87. The first-order valence-electron chi connectivity index (χ1n) is 9.18. The van der Waals surface area contributed by atoms with Crippen molar-refractivity contribution < 1.29 is 32.2 Å². The molecule has 0 unspecified atom stereocenters. The normalized spacial score (nSPS) is 17.0. The fourth-order valence-electron chi connectivity index (χ4n) is 3.27. The van der Waals surface area contributed by atoms with Crippen molar-refractivity contribution in [2.24, 2.45) is 0 Å². The molecule has 154 valence electrons. The summed E-state index contributed by atoms with van der Waals surface area (Å²) < 4.78 is 45.5. The van der Waals surface area contributed by atoms with E-state index in [2.05, 4.69) is 10.1 Å². The van der Waals surface area contributed by atoms with Gasteiger partial charge in [-0.3, -0.25) is 4.79 Å². The van der Waals surface area contributed by atoms with Gasteiger partial charge in [-0.15, -0.1) is 13.2 Å². The molecule has 0 fully saturated rings. The summed E-state index contributed by atoms with van der Waals surface area (Å²) in [5, 5.41) is 2.91. The van der Waals surface area contributed by atoms with E-state index in [1.165, 1.54) is 12.5 Å². The number of fused-ring (bicyclic) bond motifs is 1. The van der Waals surface area contributed by atoms with Crippen LogP contribution in [0.3, 0.4) is 0 Å². The minimum Gasteiger partial charge on any atom is -0.449 e. The van der Waals surface area contributed by atoms with Gasteiger partial charge in [0.1, 0.15) is 5.75 Å². The Hall–Kier alpha value is -3.03. The van der Waals surface area contributed by atoms with Gasteiger partial charge in [0.25, 0.3) is 5.91 Å². The molecular formula is C21H20F3NO4. The van der Waals surface area contributed by atoms with Crippen LogP contribution in [0.5, 0.6) is 5.75 Å². The Kier molecular flexibility index (Phi) is 6.10. The summed E-state index contributed by atoms with van der Waals surface area (Å²) in [6.07, 6.45) is -3.16. The molecule has 0 saturated heterocycles. The summed E-state index contributed by atoms with van der Waals surface area (Å²) in [4.78, 5) is 24.6. The Morgan fingerprint density at radius 3 is 2.48 bits per heavy atom. The predicted molar refractivity (Wildman–Crippen MR) is 98.3 cm³/mol. The van der Waals surface area contributed by atoms with E-state index in [0.29, 0.717) is 0 Å². The summed E-state index contributed by atoms with van der Waals surface area (Å²) in [6, 6.07) is 12.0. The molecule has 1 aliphatic carbocycles. The molecule has 0 aromatic heterocycles. The fourth-order valence-corrected chi connectivity index (χ4v) is 3.27. The van der Waals surface area contributed by atoms with Crippen LogP contribution in [-0.4, -0.2) is 24.3 Å². The van der Waals surface area contributed by atoms with E-state index in [9.17, 15) is 22.8 Å². The molecule has 0 heterocycles. The molecular weight excluding hydrogens is 387 g/mol. The van der Waals surface area contributed by atoms with Gasteiger partial charge in [0.2, 0.25) is 0 Å². The highest BCUT2D eigenvalue weighted by Crippen LogP contribution is 2.29. The first kappa shape index (κ1) is 20.7. The summed E-state index contributed by atoms with van der Waals surface area (Å²) in [7, 11) is 0. The number of carbonyl (C=O) groups excluding carboxylic acids is 2. The molecule has 0 spiro atoms. The number of ether oxygens (including phenoxy) is 2. The van der Waals surface area contributed by atoms with Crippen LogP contribution in [0.1, 0.15) is 47.3 Å². The standard InChI is InChI=1S/C21H20F3NO4/c1-13(19(26)25-18-8-4-6-14-5-2-3-7-17(14)18)28-20(27)15-9-11-16(12-10-15)29-21(22,23)24/h2-3,5,7,9-13,18H,4,6,8H2,1H3,(H,25,26)/t13-,18-/m1/s1. The number of alkyl halides is 3. The highest BCUT2D eigenvalue weighted by molar-refractivity contribution is 5.92. The fraction of sp³-hybridized carbons (Fsp3) is 0.333. The molecule has 1 N–H and O–H groups in total. The van der Waals surface area contributed by atoms with Gasteiger partial charge in [-0.25, -0.2) is 4.79 Å². The molecule has 5 nitrogen and oxygen atoms in total. The van der Waals surface area contributed by atoms with Crippen molar-refractivity contribution in [2.45, 2.75) is 44.7 Å². The van der Waals surface area contributed by atoms with E-state index in [0.717, 1.165) is 49.1 Å². The molecule has 1 aliphatic rings. The van der Waals surface area contributed by atoms with Gasteiger partial charge in [0.05, 0.1) is 11.6 Å². The van der Waals surface area contributed by atoms with Crippen LogP contribution in [0.15, 0.2) is 48.5 Å². The summed E-state index contributed by atoms with van der Waals surface area (Å²) in [6.45, 7) is 1.45. The molecule has 8 heteroatoms. The number of amides is 1. The average Bonchev–Trinajstić information content (AvgIpc) is 2.67. The number of rotatable bonds is 5. The van der Waals surface area contributed by atoms with Gasteiger partial charge in [0, 0.05) is 0 Å². The van der Waals surface area contributed by atoms with Crippen LogP contribution in [0.2, 0.25) is 0 Å². The van der Waals surface area contributed by atoms with Crippen LogP contribution in [0, 0.1) is 0 Å².